The molecule has 2 aromatic heterocycles. The van der Waals surface area contributed by atoms with Crippen molar-refractivity contribution >= 4 is 22.8 Å². The third kappa shape index (κ3) is 3.28. The molecule has 3 rings (SSSR count). The molecule has 7 heteroatoms. The van der Waals surface area contributed by atoms with E-state index < -0.39 is 5.97 Å². The van der Waals surface area contributed by atoms with Crippen LogP contribution in [-0.4, -0.2) is 33.6 Å². The van der Waals surface area contributed by atoms with Gasteiger partial charge in [-0.05, 0) is 45.0 Å². The number of fused-ring (bicyclic) bond motifs is 1. The zero-order valence-corrected chi connectivity index (χ0v) is 15.0. The predicted octanol–water partition coefficient (Wildman–Crippen LogP) is 3.44. The largest absolute Gasteiger partial charge is 0.493 e. The molecule has 0 fully saturated rings. The fraction of sp³-hybridized carbons (Fsp3) is 0.263. The maximum atomic E-state index is 12.5. The topological polar surface area (TPSA) is 83.3 Å². The zero-order valence-electron chi connectivity index (χ0n) is 15.0. The minimum Gasteiger partial charge on any atom is -0.493 e. The van der Waals surface area contributed by atoms with E-state index in [1.807, 2.05) is 13.8 Å². The molecular formula is C19H19N3O4. The number of hydrogen-bond donors (Lipinski definition) is 0. The number of carbonyl (C=O) groups excluding carboxylic acids is 2. The number of ether oxygens (including phenoxy) is 2. The Kier molecular flexibility index (Phi) is 4.71. The molecule has 0 bridgehead atoms. The number of pyridine rings is 1. The molecule has 0 aliphatic carbocycles. The second-order valence-electron chi connectivity index (χ2n) is 6.13. The van der Waals surface area contributed by atoms with Gasteiger partial charge in [-0.1, -0.05) is 0 Å². The second kappa shape index (κ2) is 6.95. The van der Waals surface area contributed by atoms with Gasteiger partial charge in [-0.15, -0.1) is 0 Å². The molecule has 0 atom stereocenters. The van der Waals surface area contributed by atoms with Gasteiger partial charge in [-0.2, -0.15) is 5.10 Å². The summed E-state index contributed by atoms with van der Waals surface area (Å²) in [5.41, 5.74) is 1.49. The van der Waals surface area contributed by atoms with Crippen molar-refractivity contribution in [2.75, 3.05) is 7.11 Å². The lowest BCUT2D eigenvalue weighted by Gasteiger charge is -2.10. The van der Waals surface area contributed by atoms with Gasteiger partial charge in [0.2, 0.25) is 0 Å². The van der Waals surface area contributed by atoms with E-state index in [4.69, 9.17) is 9.47 Å². The molecular weight excluding hydrogens is 334 g/mol. The summed E-state index contributed by atoms with van der Waals surface area (Å²) in [5.74, 6) is -0.114. The summed E-state index contributed by atoms with van der Waals surface area (Å²) in [4.78, 5) is 28.3. The van der Waals surface area contributed by atoms with Crippen LogP contribution in [0.4, 0.5) is 0 Å². The number of Topliss-reactive ketones (excluding diaryl/α,β-unsaturated/α-hetero) is 1. The van der Waals surface area contributed by atoms with Crippen LogP contribution in [0.15, 0.2) is 36.7 Å². The Morgan fingerprint density at radius 2 is 1.85 bits per heavy atom. The summed E-state index contributed by atoms with van der Waals surface area (Å²) < 4.78 is 12.4. The third-order valence-electron chi connectivity index (χ3n) is 3.93. The van der Waals surface area contributed by atoms with Gasteiger partial charge in [0.1, 0.15) is 0 Å². The van der Waals surface area contributed by atoms with E-state index in [0.717, 1.165) is 5.39 Å². The number of carbonyl (C=O) groups is 2. The molecule has 2 heterocycles. The monoisotopic (exact) mass is 353 g/mol. The van der Waals surface area contributed by atoms with Crippen molar-refractivity contribution in [3.8, 4) is 11.5 Å². The number of nitrogens with zero attached hydrogens (tertiary/aromatic N) is 3. The van der Waals surface area contributed by atoms with E-state index in [0.29, 0.717) is 22.5 Å². The quantitative estimate of drug-likeness (QED) is 0.397. The first-order valence-electron chi connectivity index (χ1n) is 8.15. The van der Waals surface area contributed by atoms with Gasteiger partial charge in [-0.3, -0.25) is 4.79 Å². The summed E-state index contributed by atoms with van der Waals surface area (Å²) in [5, 5.41) is 5.04. The van der Waals surface area contributed by atoms with Crippen LogP contribution in [0, 0.1) is 0 Å². The van der Waals surface area contributed by atoms with Crippen LogP contribution < -0.4 is 9.47 Å². The summed E-state index contributed by atoms with van der Waals surface area (Å²) in [6.45, 7) is 5.47. The number of aromatic nitrogens is 3. The number of ketones is 1. The maximum Gasteiger partial charge on any atom is 0.345 e. The SMILES string of the molecule is COc1cc(C(C)=O)ccc1OC(=O)c1cnc2c(cnn2C(C)C)c1. The van der Waals surface area contributed by atoms with Crippen LogP contribution in [0.1, 0.15) is 47.5 Å². The van der Waals surface area contributed by atoms with Gasteiger partial charge >= 0.3 is 5.97 Å². The number of methoxy groups -OCH3 is 1. The summed E-state index contributed by atoms with van der Waals surface area (Å²) in [6.07, 6.45) is 3.13. The lowest BCUT2D eigenvalue weighted by molar-refractivity contribution is 0.0729. The van der Waals surface area contributed by atoms with Crippen molar-refractivity contribution in [2.45, 2.75) is 26.8 Å². The van der Waals surface area contributed by atoms with Crippen molar-refractivity contribution in [1.82, 2.24) is 14.8 Å². The first-order valence-corrected chi connectivity index (χ1v) is 8.15. The summed E-state index contributed by atoms with van der Waals surface area (Å²) in [7, 11) is 1.45. The lowest BCUT2D eigenvalue weighted by Crippen LogP contribution is -2.10. The van der Waals surface area contributed by atoms with Gasteiger partial charge in [0.25, 0.3) is 0 Å². The van der Waals surface area contributed by atoms with Gasteiger partial charge in [0, 0.05) is 23.2 Å². The fourth-order valence-corrected chi connectivity index (χ4v) is 2.56. The average molecular weight is 353 g/mol. The fourth-order valence-electron chi connectivity index (χ4n) is 2.56. The predicted molar refractivity (Wildman–Crippen MR) is 95.9 cm³/mol. The highest BCUT2D eigenvalue weighted by atomic mass is 16.6. The minimum absolute atomic E-state index is 0.0991. The molecule has 134 valence electrons. The van der Waals surface area contributed by atoms with Gasteiger partial charge in [-0.25, -0.2) is 14.5 Å². The summed E-state index contributed by atoms with van der Waals surface area (Å²) >= 11 is 0. The molecule has 0 aliphatic rings. The molecule has 0 saturated heterocycles. The van der Waals surface area contributed by atoms with Crippen LogP contribution in [-0.2, 0) is 0 Å². The second-order valence-corrected chi connectivity index (χ2v) is 6.13. The van der Waals surface area contributed by atoms with Crippen molar-refractivity contribution in [2.24, 2.45) is 0 Å². The maximum absolute atomic E-state index is 12.5. The van der Waals surface area contributed by atoms with Crippen LogP contribution >= 0.6 is 0 Å². The van der Waals surface area contributed by atoms with E-state index in [1.165, 1.54) is 26.3 Å². The highest BCUT2D eigenvalue weighted by molar-refractivity contribution is 5.96. The standard InChI is InChI=1S/C19H19N3O4/c1-11(2)22-18-14(10-21-22)7-15(9-20-18)19(24)26-16-6-5-13(12(3)23)8-17(16)25-4/h5-11H,1-4H3. The Balaban J connectivity index is 1.88. The zero-order chi connectivity index (χ0) is 18.8. The highest BCUT2D eigenvalue weighted by Crippen LogP contribution is 2.29. The smallest absolute Gasteiger partial charge is 0.345 e. The molecule has 7 nitrogen and oxygen atoms in total. The first kappa shape index (κ1) is 17.6. The van der Waals surface area contributed by atoms with Crippen molar-refractivity contribution in [3.05, 3.63) is 47.8 Å². The molecule has 0 unspecified atom stereocenters. The Morgan fingerprint density at radius 3 is 2.50 bits per heavy atom. The van der Waals surface area contributed by atoms with E-state index in [1.54, 1.807) is 29.1 Å². The van der Waals surface area contributed by atoms with Crippen molar-refractivity contribution in [3.63, 3.8) is 0 Å². The molecule has 1 aromatic carbocycles. The van der Waals surface area contributed by atoms with E-state index >= 15 is 0 Å². The van der Waals surface area contributed by atoms with Gasteiger partial charge in [0.15, 0.2) is 22.9 Å². The van der Waals surface area contributed by atoms with Crippen molar-refractivity contribution < 1.29 is 19.1 Å². The third-order valence-corrected chi connectivity index (χ3v) is 3.93. The average Bonchev–Trinajstić information content (AvgIpc) is 3.05. The molecule has 0 saturated carbocycles. The normalized spacial score (nSPS) is 11.0. The summed E-state index contributed by atoms with van der Waals surface area (Å²) in [6, 6.07) is 6.52. The number of benzene rings is 1. The Labute approximate surface area is 150 Å². The van der Waals surface area contributed by atoms with Crippen LogP contribution in [0.25, 0.3) is 11.0 Å². The number of esters is 1. The molecule has 0 aliphatic heterocycles. The Morgan fingerprint density at radius 1 is 1.08 bits per heavy atom. The first-order chi connectivity index (χ1) is 12.4. The van der Waals surface area contributed by atoms with Crippen LogP contribution in [0.2, 0.25) is 0 Å². The molecule has 0 spiro atoms. The van der Waals surface area contributed by atoms with Crippen LogP contribution in [0.3, 0.4) is 0 Å². The number of rotatable bonds is 5. The van der Waals surface area contributed by atoms with E-state index in [2.05, 4.69) is 10.1 Å². The van der Waals surface area contributed by atoms with Crippen LogP contribution in [0.5, 0.6) is 11.5 Å². The lowest BCUT2D eigenvalue weighted by atomic mass is 10.1. The molecule has 0 radical (unpaired) electrons. The number of hydrogen-bond acceptors (Lipinski definition) is 6. The van der Waals surface area contributed by atoms with Crippen molar-refractivity contribution in [1.29, 1.82) is 0 Å². The minimum atomic E-state index is -0.564. The van der Waals surface area contributed by atoms with E-state index in [9.17, 15) is 9.59 Å². The molecule has 0 N–H and O–H groups in total. The van der Waals surface area contributed by atoms with Gasteiger partial charge < -0.3 is 9.47 Å². The molecule has 26 heavy (non-hydrogen) atoms. The molecule has 3 aromatic rings. The molecule has 0 amide bonds. The highest BCUT2D eigenvalue weighted by Gasteiger charge is 2.16. The Bertz CT molecular complexity index is 992. The van der Waals surface area contributed by atoms with E-state index in [-0.39, 0.29) is 17.6 Å². The Hall–Kier alpha value is -3.22. The van der Waals surface area contributed by atoms with Gasteiger partial charge in [0.05, 0.1) is 18.9 Å².